The van der Waals surface area contributed by atoms with Crippen molar-refractivity contribution >= 4 is 17.8 Å². The van der Waals surface area contributed by atoms with E-state index in [-0.39, 0.29) is 6.10 Å². The van der Waals surface area contributed by atoms with Crippen LogP contribution in [0.5, 0.6) is 5.75 Å². The predicted molar refractivity (Wildman–Crippen MR) is 97.0 cm³/mol. The van der Waals surface area contributed by atoms with Gasteiger partial charge in [0.05, 0.1) is 12.6 Å². The molecule has 1 aliphatic rings. The molecular formula is C21H21NO3. The van der Waals surface area contributed by atoms with E-state index in [1.165, 1.54) is 0 Å². The van der Waals surface area contributed by atoms with Gasteiger partial charge in [0.15, 0.2) is 0 Å². The van der Waals surface area contributed by atoms with Crippen molar-refractivity contribution in [2.45, 2.75) is 26.5 Å². The second-order valence-electron chi connectivity index (χ2n) is 6.35. The smallest absolute Gasteiger partial charge is 0.295 e. The fraction of sp³-hybridized carbons (Fsp3) is 0.238. The Bertz CT molecular complexity index is 809. The van der Waals surface area contributed by atoms with Crippen LogP contribution in [0.1, 0.15) is 25.0 Å². The van der Waals surface area contributed by atoms with E-state index < -0.39 is 11.7 Å². The van der Waals surface area contributed by atoms with Crippen molar-refractivity contribution < 1.29 is 14.3 Å². The number of para-hydroxylation sites is 1. The normalized spacial score (nSPS) is 16.1. The summed E-state index contributed by atoms with van der Waals surface area (Å²) in [5.74, 6) is -0.167. The zero-order chi connectivity index (χ0) is 17.8. The molecule has 1 aliphatic heterocycles. The van der Waals surface area contributed by atoms with Crippen molar-refractivity contribution in [3.8, 4) is 5.75 Å². The zero-order valence-electron chi connectivity index (χ0n) is 14.4. The molecule has 128 valence electrons. The molecule has 0 atom stereocenters. The number of benzene rings is 2. The minimum Gasteiger partial charge on any atom is -0.490 e. The highest BCUT2D eigenvalue weighted by Crippen LogP contribution is 2.25. The molecule has 0 radical (unpaired) electrons. The first kappa shape index (κ1) is 17.0. The van der Waals surface area contributed by atoms with Gasteiger partial charge in [-0.15, -0.1) is 0 Å². The molecule has 0 saturated carbocycles. The molecule has 1 fully saturated rings. The summed E-state index contributed by atoms with van der Waals surface area (Å²) in [7, 11) is 0. The Kier molecular flexibility index (Phi) is 4.98. The Morgan fingerprint density at radius 1 is 1.04 bits per heavy atom. The third kappa shape index (κ3) is 3.97. The van der Waals surface area contributed by atoms with Crippen molar-refractivity contribution in [2.75, 3.05) is 6.54 Å². The fourth-order valence-corrected chi connectivity index (χ4v) is 2.82. The van der Waals surface area contributed by atoms with Crippen LogP contribution >= 0.6 is 0 Å². The van der Waals surface area contributed by atoms with E-state index in [0.29, 0.717) is 24.4 Å². The molecular weight excluding hydrogens is 314 g/mol. The number of carbonyl (C=O) groups is 2. The van der Waals surface area contributed by atoms with Gasteiger partial charge in [0.2, 0.25) is 5.78 Å². The summed E-state index contributed by atoms with van der Waals surface area (Å²) in [4.78, 5) is 26.2. The maximum absolute atomic E-state index is 12.3. The molecule has 25 heavy (non-hydrogen) atoms. The average molecular weight is 335 g/mol. The molecule has 0 bridgehead atoms. The van der Waals surface area contributed by atoms with Crippen LogP contribution in [0.25, 0.3) is 6.08 Å². The molecule has 4 heteroatoms. The van der Waals surface area contributed by atoms with Crippen LogP contribution < -0.4 is 4.74 Å². The van der Waals surface area contributed by atoms with Gasteiger partial charge in [0.25, 0.3) is 5.91 Å². The van der Waals surface area contributed by atoms with Gasteiger partial charge in [-0.05, 0) is 31.6 Å². The lowest BCUT2D eigenvalue weighted by atomic mass is 10.1. The van der Waals surface area contributed by atoms with Gasteiger partial charge < -0.3 is 9.64 Å². The van der Waals surface area contributed by atoms with E-state index in [4.69, 9.17) is 4.74 Å². The van der Waals surface area contributed by atoms with E-state index in [0.717, 1.165) is 11.1 Å². The third-order valence-corrected chi connectivity index (χ3v) is 3.96. The molecule has 3 rings (SSSR count). The fourth-order valence-electron chi connectivity index (χ4n) is 2.82. The quantitative estimate of drug-likeness (QED) is 0.621. The first-order chi connectivity index (χ1) is 12.0. The molecule has 0 spiro atoms. The topological polar surface area (TPSA) is 46.6 Å². The molecule has 1 heterocycles. The number of carbonyl (C=O) groups excluding carboxylic acids is 2. The van der Waals surface area contributed by atoms with Crippen LogP contribution in [0.2, 0.25) is 0 Å². The second-order valence-corrected chi connectivity index (χ2v) is 6.35. The number of ketones is 1. The summed E-state index contributed by atoms with van der Waals surface area (Å²) in [5.41, 5.74) is 2.32. The van der Waals surface area contributed by atoms with Crippen LogP contribution in [-0.2, 0) is 16.1 Å². The van der Waals surface area contributed by atoms with Crippen molar-refractivity contribution in [1.29, 1.82) is 0 Å². The lowest BCUT2D eigenvalue weighted by Crippen LogP contribution is -2.26. The second kappa shape index (κ2) is 7.34. The Morgan fingerprint density at radius 2 is 1.72 bits per heavy atom. The minimum atomic E-state index is -0.447. The average Bonchev–Trinajstić information content (AvgIpc) is 2.85. The van der Waals surface area contributed by atoms with Crippen LogP contribution in [-0.4, -0.2) is 29.2 Å². The number of amides is 1. The van der Waals surface area contributed by atoms with Crippen molar-refractivity contribution in [3.63, 3.8) is 0 Å². The van der Waals surface area contributed by atoms with E-state index in [2.05, 4.69) is 0 Å². The first-order valence-corrected chi connectivity index (χ1v) is 8.38. The van der Waals surface area contributed by atoms with Crippen LogP contribution in [0.3, 0.4) is 0 Å². The Labute approximate surface area is 147 Å². The standard InChI is InChI=1S/C21H21NO3/c1-15(2)25-19-11-7-6-10-17(19)12-18-14-22(21(24)20(18)23)13-16-8-4-3-5-9-16/h3-12,15H,13-14H2,1-2H3. The molecule has 2 aromatic carbocycles. The third-order valence-electron chi connectivity index (χ3n) is 3.96. The number of rotatable bonds is 5. The van der Waals surface area contributed by atoms with Gasteiger partial charge in [-0.3, -0.25) is 9.59 Å². The van der Waals surface area contributed by atoms with E-state index in [9.17, 15) is 9.59 Å². The number of nitrogens with zero attached hydrogens (tertiary/aromatic N) is 1. The van der Waals surface area contributed by atoms with E-state index >= 15 is 0 Å². The zero-order valence-corrected chi connectivity index (χ0v) is 14.4. The molecule has 4 nitrogen and oxygen atoms in total. The number of hydrogen-bond acceptors (Lipinski definition) is 3. The van der Waals surface area contributed by atoms with Crippen molar-refractivity contribution in [2.24, 2.45) is 0 Å². The van der Waals surface area contributed by atoms with Crippen LogP contribution in [0.15, 0.2) is 60.2 Å². The molecule has 0 unspecified atom stereocenters. The van der Waals surface area contributed by atoms with Gasteiger partial charge >= 0.3 is 0 Å². The maximum atomic E-state index is 12.3. The Hall–Kier alpha value is -2.88. The highest BCUT2D eigenvalue weighted by Gasteiger charge is 2.34. The maximum Gasteiger partial charge on any atom is 0.295 e. The number of ether oxygens (including phenoxy) is 1. The molecule has 0 aliphatic carbocycles. The first-order valence-electron chi connectivity index (χ1n) is 8.38. The van der Waals surface area contributed by atoms with Gasteiger partial charge in [-0.1, -0.05) is 48.5 Å². The Morgan fingerprint density at radius 3 is 2.44 bits per heavy atom. The summed E-state index contributed by atoms with van der Waals surface area (Å²) in [5, 5.41) is 0. The lowest BCUT2D eigenvalue weighted by Gasteiger charge is -2.14. The molecule has 0 N–H and O–H groups in total. The highest BCUT2D eigenvalue weighted by molar-refractivity contribution is 6.45. The van der Waals surface area contributed by atoms with E-state index in [1.807, 2.05) is 68.4 Å². The van der Waals surface area contributed by atoms with Gasteiger partial charge in [-0.2, -0.15) is 0 Å². The summed E-state index contributed by atoms with van der Waals surface area (Å²) in [6, 6.07) is 17.2. The van der Waals surface area contributed by atoms with Crippen LogP contribution in [0, 0.1) is 0 Å². The SMILES string of the molecule is CC(C)Oc1ccccc1C=C1CN(Cc2ccccc2)C(=O)C1=O. The molecule has 2 aromatic rings. The minimum absolute atomic E-state index is 0.0371. The van der Waals surface area contributed by atoms with Crippen molar-refractivity contribution in [1.82, 2.24) is 4.90 Å². The summed E-state index contributed by atoms with van der Waals surface area (Å²) in [6.45, 7) is 4.67. The molecule has 0 aromatic heterocycles. The number of Topliss-reactive ketones (excluding diaryl/α,β-unsaturated/α-hetero) is 1. The van der Waals surface area contributed by atoms with Gasteiger partial charge in [0.1, 0.15) is 5.75 Å². The predicted octanol–water partition coefficient (Wildman–Crippen LogP) is 3.47. The van der Waals surface area contributed by atoms with Crippen molar-refractivity contribution in [3.05, 3.63) is 71.3 Å². The van der Waals surface area contributed by atoms with Gasteiger partial charge in [0, 0.05) is 17.7 Å². The monoisotopic (exact) mass is 335 g/mol. The summed E-state index contributed by atoms with van der Waals surface area (Å²) >= 11 is 0. The van der Waals surface area contributed by atoms with E-state index in [1.54, 1.807) is 11.0 Å². The number of hydrogen-bond donors (Lipinski definition) is 0. The molecule has 1 saturated heterocycles. The van der Waals surface area contributed by atoms with Crippen LogP contribution in [0.4, 0.5) is 0 Å². The van der Waals surface area contributed by atoms with Gasteiger partial charge in [-0.25, -0.2) is 0 Å². The number of likely N-dealkylation sites (tertiary alicyclic amines) is 1. The lowest BCUT2D eigenvalue weighted by molar-refractivity contribution is -0.139. The molecule has 1 amide bonds. The summed E-state index contributed by atoms with van der Waals surface area (Å²) in [6.07, 6.45) is 1.80. The largest absolute Gasteiger partial charge is 0.490 e. The highest BCUT2D eigenvalue weighted by atomic mass is 16.5. The summed E-state index contributed by atoms with van der Waals surface area (Å²) < 4.78 is 5.79. The Balaban J connectivity index is 1.83.